The van der Waals surface area contributed by atoms with Crippen molar-refractivity contribution < 1.29 is 0 Å². The molecule has 1 heterocycles. The summed E-state index contributed by atoms with van der Waals surface area (Å²) in [5.41, 5.74) is 0. The molecular formula is C16H36IN5. The first kappa shape index (κ1) is 21.9. The van der Waals surface area contributed by atoms with Gasteiger partial charge in [-0.3, -0.25) is 9.89 Å². The average Bonchev–Trinajstić information content (AvgIpc) is 2.46. The molecule has 1 atom stereocenters. The normalized spacial score (nSPS) is 18.9. The number of rotatable bonds is 7. The fourth-order valence-corrected chi connectivity index (χ4v) is 2.67. The van der Waals surface area contributed by atoms with Crippen molar-refractivity contribution in [3.05, 3.63) is 0 Å². The van der Waals surface area contributed by atoms with Crippen molar-refractivity contribution >= 4 is 29.9 Å². The third-order valence-electron chi connectivity index (χ3n) is 4.10. The van der Waals surface area contributed by atoms with Crippen LogP contribution < -0.4 is 10.6 Å². The van der Waals surface area contributed by atoms with E-state index in [1.807, 2.05) is 0 Å². The molecule has 0 radical (unpaired) electrons. The van der Waals surface area contributed by atoms with Gasteiger partial charge in [-0.15, -0.1) is 24.0 Å². The summed E-state index contributed by atoms with van der Waals surface area (Å²) in [6.45, 7) is 16.3. The van der Waals surface area contributed by atoms with E-state index in [9.17, 15) is 0 Å². The number of nitrogens with one attached hydrogen (secondary N) is 2. The number of guanidine groups is 1. The average molecular weight is 425 g/mol. The first-order valence-corrected chi connectivity index (χ1v) is 8.53. The van der Waals surface area contributed by atoms with Gasteiger partial charge in [-0.1, -0.05) is 20.8 Å². The van der Waals surface area contributed by atoms with Gasteiger partial charge in [-0.25, -0.2) is 0 Å². The molecule has 2 N–H and O–H groups in total. The van der Waals surface area contributed by atoms with Crippen LogP contribution in [0.5, 0.6) is 0 Å². The molecule has 0 amide bonds. The third kappa shape index (κ3) is 7.97. The van der Waals surface area contributed by atoms with E-state index >= 15 is 0 Å². The second kappa shape index (κ2) is 12.4. The Morgan fingerprint density at radius 1 is 1.09 bits per heavy atom. The quantitative estimate of drug-likeness (QED) is 0.371. The van der Waals surface area contributed by atoms with E-state index in [1.54, 1.807) is 0 Å². The summed E-state index contributed by atoms with van der Waals surface area (Å²) in [5.74, 6) is 1.59. The Morgan fingerprint density at radius 2 is 1.73 bits per heavy atom. The first-order valence-electron chi connectivity index (χ1n) is 8.53. The van der Waals surface area contributed by atoms with Crippen LogP contribution in [0.25, 0.3) is 0 Å². The van der Waals surface area contributed by atoms with Crippen LogP contribution in [0.2, 0.25) is 0 Å². The number of piperazine rings is 1. The molecule has 1 aliphatic rings. The second-order valence-corrected chi connectivity index (χ2v) is 6.30. The summed E-state index contributed by atoms with van der Waals surface area (Å²) in [6, 6.07) is 0.538. The molecule has 5 nitrogen and oxygen atoms in total. The number of hydrogen-bond donors (Lipinski definition) is 2. The largest absolute Gasteiger partial charge is 0.357 e. The molecule has 0 aromatic carbocycles. The lowest BCUT2D eigenvalue weighted by atomic mass is 10.0. The van der Waals surface area contributed by atoms with E-state index in [-0.39, 0.29) is 24.0 Å². The number of likely N-dealkylation sites (N-methyl/N-ethyl adjacent to an activating group) is 1. The Kier molecular flexibility index (Phi) is 12.3. The fourth-order valence-electron chi connectivity index (χ4n) is 2.67. The molecule has 0 aliphatic carbocycles. The predicted molar refractivity (Wildman–Crippen MR) is 107 cm³/mol. The van der Waals surface area contributed by atoms with E-state index in [0.717, 1.165) is 45.1 Å². The number of nitrogens with zero attached hydrogens (tertiary/aromatic N) is 3. The maximum atomic E-state index is 4.81. The zero-order valence-corrected chi connectivity index (χ0v) is 17.4. The monoisotopic (exact) mass is 425 g/mol. The van der Waals surface area contributed by atoms with Gasteiger partial charge in [0.1, 0.15) is 0 Å². The number of aliphatic imine (C=N–C) groups is 1. The molecule has 0 saturated carbocycles. The highest BCUT2D eigenvalue weighted by Gasteiger charge is 2.24. The Morgan fingerprint density at radius 3 is 2.23 bits per heavy atom. The molecule has 1 saturated heterocycles. The van der Waals surface area contributed by atoms with Gasteiger partial charge in [-0.05, 0) is 26.3 Å². The van der Waals surface area contributed by atoms with Crippen molar-refractivity contribution in [2.75, 3.05) is 52.9 Å². The molecule has 6 heteroatoms. The summed E-state index contributed by atoms with van der Waals surface area (Å²) in [7, 11) is 2.21. The highest BCUT2D eigenvalue weighted by molar-refractivity contribution is 14.0. The molecule has 1 unspecified atom stereocenters. The highest BCUT2D eigenvalue weighted by atomic mass is 127. The molecule has 22 heavy (non-hydrogen) atoms. The summed E-state index contributed by atoms with van der Waals surface area (Å²) in [5, 5.41) is 6.72. The van der Waals surface area contributed by atoms with Crippen LogP contribution >= 0.6 is 24.0 Å². The van der Waals surface area contributed by atoms with Crippen LogP contribution in [0.4, 0.5) is 0 Å². The number of halogens is 1. The summed E-state index contributed by atoms with van der Waals surface area (Å²) >= 11 is 0. The third-order valence-corrected chi connectivity index (χ3v) is 4.10. The van der Waals surface area contributed by atoms with Crippen LogP contribution in [0.1, 0.15) is 34.1 Å². The van der Waals surface area contributed by atoms with E-state index in [1.165, 1.54) is 13.1 Å². The Labute approximate surface area is 154 Å². The van der Waals surface area contributed by atoms with E-state index in [4.69, 9.17) is 4.99 Å². The van der Waals surface area contributed by atoms with Gasteiger partial charge >= 0.3 is 0 Å². The summed E-state index contributed by atoms with van der Waals surface area (Å²) in [4.78, 5) is 9.82. The maximum Gasteiger partial charge on any atom is 0.191 e. The maximum absolute atomic E-state index is 4.81. The Bertz CT molecular complexity index is 301. The SMILES string of the molecule is CCCNC(=NCC(C(C)C)N1CCN(C)CC1)NCC.I. The van der Waals surface area contributed by atoms with Crippen LogP contribution in [-0.4, -0.2) is 74.7 Å². The lowest BCUT2D eigenvalue weighted by Gasteiger charge is -2.39. The zero-order chi connectivity index (χ0) is 15.7. The van der Waals surface area contributed by atoms with E-state index < -0.39 is 0 Å². The van der Waals surface area contributed by atoms with Gasteiger partial charge in [0.2, 0.25) is 0 Å². The van der Waals surface area contributed by atoms with Gasteiger partial charge in [0.15, 0.2) is 5.96 Å². The minimum atomic E-state index is 0. The van der Waals surface area contributed by atoms with E-state index in [0.29, 0.717) is 12.0 Å². The minimum Gasteiger partial charge on any atom is -0.357 e. The van der Waals surface area contributed by atoms with Crippen LogP contribution in [0.3, 0.4) is 0 Å². The van der Waals surface area contributed by atoms with Crippen molar-refractivity contribution in [2.24, 2.45) is 10.9 Å². The minimum absolute atomic E-state index is 0. The van der Waals surface area contributed by atoms with E-state index in [2.05, 4.69) is 55.2 Å². The molecule has 0 aromatic heterocycles. The number of hydrogen-bond acceptors (Lipinski definition) is 3. The van der Waals surface area contributed by atoms with Gasteiger partial charge in [0.25, 0.3) is 0 Å². The first-order chi connectivity index (χ1) is 10.1. The molecular weight excluding hydrogens is 389 g/mol. The predicted octanol–water partition coefficient (Wildman–Crippen LogP) is 1.84. The standard InChI is InChI=1S/C16H35N5.HI/c1-6-8-18-16(17-7-2)19-13-15(14(3)4)21-11-9-20(5)10-12-21;/h14-15H,6-13H2,1-5H3,(H2,17,18,19);1H. The van der Waals surface area contributed by atoms with Gasteiger partial charge in [0.05, 0.1) is 6.54 Å². The molecule has 1 aliphatic heterocycles. The second-order valence-electron chi connectivity index (χ2n) is 6.30. The van der Waals surface area contributed by atoms with Crippen molar-refractivity contribution in [3.8, 4) is 0 Å². The van der Waals surface area contributed by atoms with Crippen molar-refractivity contribution in [1.82, 2.24) is 20.4 Å². The summed E-state index contributed by atoms with van der Waals surface area (Å²) in [6.07, 6.45) is 1.12. The topological polar surface area (TPSA) is 42.9 Å². The fraction of sp³-hybridized carbons (Fsp3) is 0.938. The lowest BCUT2D eigenvalue weighted by Crippen LogP contribution is -2.52. The van der Waals surface area contributed by atoms with Gasteiger partial charge in [0, 0.05) is 45.3 Å². The van der Waals surface area contributed by atoms with Gasteiger partial charge < -0.3 is 15.5 Å². The molecule has 0 aromatic rings. The van der Waals surface area contributed by atoms with Crippen molar-refractivity contribution in [3.63, 3.8) is 0 Å². The molecule has 1 rings (SSSR count). The Hall–Kier alpha value is -0.0800. The van der Waals surface area contributed by atoms with Crippen LogP contribution in [-0.2, 0) is 0 Å². The smallest absolute Gasteiger partial charge is 0.191 e. The zero-order valence-electron chi connectivity index (χ0n) is 15.1. The van der Waals surface area contributed by atoms with Gasteiger partial charge in [-0.2, -0.15) is 0 Å². The molecule has 0 spiro atoms. The molecule has 1 fully saturated rings. The van der Waals surface area contributed by atoms with Crippen LogP contribution in [0.15, 0.2) is 4.99 Å². The van der Waals surface area contributed by atoms with Crippen molar-refractivity contribution in [1.29, 1.82) is 0 Å². The summed E-state index contributed by atoms with van der Waals surface area (Å²) < 4.78 is 0. The molecule has 132 valence electrons. The van der Waals surface area contributed by atoms with Crippen molar-refractivity contribution in [2.45, 2.75) is 40.2 Å². The Balaban J connectivity index is 0.00000441. The van der Waals surface area contributed by atoms with Crippen LogP contribution in [0, 0.1) is 5.92 Å². The lowest BCUT2D eigenvalue weighted by molar-refractivity contribution is 0.0925. The molecule has 0 bridgehead atoms. The highest BCUT2D eigenvalue weighted by Crippen LogP contribution is 2.13.